The van der Waals surface area contributed by atoms with Crippen molar-refractivity contribution in [2.45, 2.75) is 0 Å². The molecule has 0 unspecified atom stereocenters. The Morgan fingerprint density at radius 2 is 0.534 bits per heavy atom. The van der Waals surface area contributed by atoms with Gasteiger partial charge in [-0.05, 0) is 211 Å². The maximum atomic E-state index is 6.52. The largest absolute Gasteiger partial charge is 0.455 e. The van der Waals surface area contributed by atoms with Gasteiger partial charge in [-0.3, -0.25) is 0 Å². The monoisotopic (exact) mass is 1520 g/mol. The van der Waals surface area contributed by atoms with Crippen LogP contribution in [-0.4, -0.2) is 18.3 Å². The van der Waals surface area contributed by atoms with Gasteiger partial charge >= 0.3 is 0 Å². The van der Waals surface area contributed by atoms with E-state index in [1.807, 2.05) is 17.4 Å². The minimum atomic E-state index is 0.908. The van der Waals surface area contributed by atoms with Gasteiger partial charge in [0.25, 0.3) is 0 Å². The molecule has 25 rings (SSSR count). The lowest BCUT2D eigenvalue weighted by Crippen LogP contribution is -1.94. The number of thiophene rings is 1. The predicted molar refractivity (Wildman–Crippen MR) is 501 cm³/mol. The zero-order chi connectivity index (χ0) is 77.5. The molecule has 0 aliphatic heterocycles. The second kappa shape index (κ2) is 27.2. The fourth-order valence-electron chi connectivity index (χ4n) is 18.9. The van der Waals surface area contributed by atoms with Crippen LogP contribution in [0.5, 0.6) is 0 Å². The average molecular weight is 1520 g/mol. The van der Waals surface area contributed by atoms with Gasteiger partial charge < -0.3 is 22.7 Å². The van der Waals surface area contributed by atoms with Gasteiger partial charge in [-0.25, -0.2) is 0 Å². The van der Waals surface area contributed by atoms with E-state index in [-0.39, 0.29) is 0 Å². The Morgan fingerprint density at radius 3 is 1.07 bits per heavy atom. The van der Waals surface area contributed by atoms with Crippen molar-refractivity contribution in [3.05, 3.63) is 425 Å². The highest BCUT2D eigenvalue weighted by Gasteiger charge is 2.23. The molecule has 0 fully saturated rings. The molecule has 0 bridgehead atoms. The van der Waals surface area contributed by atoms with Crippen molar-refractivity contribution < 1.29 is 4.42 Å². The molecule has 0 radical (unpaired) electrons. The van der Waals surface area contributed by atoms with E-state index < -0.39 is 0 Å². The number of para-hydroxylation sites is 7. The zero-order valence-electron chi connectivity index (χ0n) is 64.0. The fraction of sp³-hybridized carbons (Fsp3) is 0. The van der Waals surface area contributed by atoms with E-state index in [4.69, 9.17) is 4.42 Å². The summed E-state index contributed by atoms with van der Waals surface area (Å²) in [5.41, 5.74) is 30.5. The third kappa shape index (κ3) is 10.9. The molecule has 19 aromatic carbocycles. The predicted octanol–water partition coefficient (Wildman–Crippen LogP) is 31.2. The van der Waals surface area contributed by atoms with E-state index in [0.29, 0.717) is 0 Å². The third-order valence-corrected chi connectivity index (χ3v) is 25.7. The van der Waals surface area contributed by atoms with Crippen LogP contribution in [0.1, 0.15) is 0 Å². The Hall–Kier alpha value is -15.3. The first-order valence-electron chi connectivity index (χ1n) is 40.4. The van der Waals surface area contributed by atoms with Gasteiger partial charge in [-0.2, -0.15) is 0 Å². The maximum Gasteiger partial charge on any atom is 0.143 e. The number of furan rings is 1. The quantitative estimate of drug-likeness (QED) is 0.134. The molecule has 0 amide bonds. The standard InChI is InChI=1S/C58H36N2O.C54H34N2S/c1-2-13-44(14-3-1)59-53-19-8-6-15-47(53)50-34-41(26-30-54(50)59)38-21-23-39(24-22-38)42-27-31-55-51(35-42)52-36-43(46-17-10-18-49-48-16-7-9-20-57(48)61-58(46)49)28-32-56(52)60(55)45-29-25-37-11-4-5-12-40(37)33-45;1-3-12-40(13-4-1)55-49-20-9-7-16-43(49)47-32-37(27-30-50(47)55)35-22-24-36(25-23-35)38-28-31-51-48(33-38)44-29-26-39(34-52(44)56(51)41-14-5-2-6-15-41)42-18-11-19-46-45-17-8-10-21-53(45)57-54(42)46/h1-36H;1-34H. The molecule has 0 atom stereocenters. The molecule has 550 valence electrons. The molecule has 0 spiro atoms. The van der Waals surface area contributed by atoms with E-state index >= 15 is 0 Å². The van der Waals surface area contributed by atoms with Crippen LogP contribution in [0, 0.1) is 0 Å². The molecule has 0 aliphatic rings. The Morgan fingerprint density at radius 1 is 0.178 bits per heavy atom. The van der Waals surface area contributed by atoms with Crippen molar-refractivity contribution in [1.82, 2.24) is 18.3 Å². The molecule has 25 aromatic rings. The molecule has 6 heterocycles. The van der Waals surface area contributed by atoms with Gasteiger partial charge in [0.2, 0.25) is 0 Å². The molecule has 6 aromatic heterocycles. The fourth-order valence-corrected chi connectivity index (χ4v) is 20.1. The van der Waals surface area contributed by atoms with Crippen LogP contribution < -0.4 is 0 Å². The second-order valence-corrected chi connectivity index (χ2v) is 32.1. The van der Waals surface area contributed by atoms with E-state index in [0.717, 1.165) is 44.4 Å². The number of aromatic nitrogens is 4. The van der Waals surface area contributed by atoms with Gasteiger partial charge in [-0.1, -0.05) is 285 Å². The lowest BCUT2D eigenvalue weighted by molar-refractivity contribution is 0.670. The van der Waals surface area contributed by atoms with Crippen LogP contribution in [0.15, 0.2) is 429 Å². The second-order valence-electron chi connectivity index (χ2n) is 31.0. The Kier molecular flexibility index (Phi) is 15.5. The van der Waals surface area contributed by atoms with Crippen molar-refractivity contribution in [3.8, 4) is 89.5 Å². The molecular formula is C112H70N4OS. The Labute approximate surface area is 683 Å². The average Bonchev–Trinajstić information content (AvgIpc) is 1.59. The van der Waals surface area contributed by atoms with E-state index in [9.17, 15) is 0 Å². The highest BCUT2D eigenvalue weighted by atomic mass is 32.1. The van der Waals surface area contributed by atoms with E-state index in [1.54, 1.807) is 0 Å². The number of benzene rings is 19. The summed E-state index contributed by atoms with van der Waals surface area (Å²) >= 11 is 1.89. The van der Waals surface area contributed by atoms with E-state index in [2.05, 4.69) is 437 Å². The normalized spacial score (nSPS) is 11.9. The summed E-state index contributed by atoms with van der Waals surface area (Å²) in [5.74, 6) is 0. The van der Waals surface area contributed by atoms with Gasteiger partial charge in [0.15, 0.2) is 0 Å². The lowest BCUT2D eigenvalue weighted by atomic mass is 9.97. The van der Waals surface area contributed by atoms with Crippen LogP contribution in [-0.2, 0) is 0 Å². The summed E-state index contributed by atoms with van der Waals surface area (Å²) in [6, 6.07) is 155. The topological polar surface area (TPSA) is 32.9 Å². The van der Waals surface area contributed by atoms with Crippen LogP contribution in [0.3, 0.4) is 0 Å². The van der Waals surface area contributed by atoms with Gasteiger partial charge in [0.1, 0.15) is 11.2 Å². The van der Waals surface area contributed by atoms with Crippen molar-refractivity contribution in [2.75, 3.05) is 0 Å². The molecule has 118 heavy (non-hydrogen) atoms. The summed E-state index contributed by atoms with van der Waals surface area (Å²) in [4.78, 5) is 0. The summed E-state index contributed by atoms with van der Waals surface area (Å²) < 4.78 is 18.8. The molecule has 5 nitrogen and oxygen atoms in total. The van der Waals surface area contributed by atoms with Crippen LogP contribution >= 0.6 is 11.3 Å². The molecule has 0 N–H and O–H groups in total. The van der Waals surface area contributed by atoms with Crippen molar-refractivity contribution in [3.63, 3.8) is 0 Å². The molecule has 0 saturated heterocycles. The Bertz CT molecular complexity index is 8340. The first-order valence-corrected chi connectivity index (χ1v) is 41.2. The minimum absolute atomic E-state index is 0.908. The highest BCUT2D eigenvalue weighted by Crippen LogP contribution is 2.47. The first-order chi connectivity index (χ1) is 58.5. The SMILES string of the molecule is c1ccc(-n2c3ccccc3c3cc(-c4ccc(-c5ccc6c(c5)c5cc(-c7cccc8c7oc7ccccc78)ccc5n6-c5ccc6ccccc6c5)cc4)ccc32)cc1.c1ccc(-n2c3ccccc3c3cc(-c4ccc(-c5ccc6c(c5)c5ccc(-c7cccc8c7sc7ccccc78)cc5n6-c5ccccc5)cc4)ccc32)cc1. The summed E-state index contributed by atoms with van der Waals surface area (Å²) in [6.07, 6.45) is 0. The van der Waals surface area contributed by atoms with Crippen molar-refractivity contribution in [1.29, 1.82) is 0 Å². The summed E-state index contributed by atoms with van der Waals surface area (Å²) in [6.45, 7) is 0. The smallest absolute Gasteiger partial charge is 0.143 e. The zero-order valence-corrected chi connectivity index (χ0v) is 64.8. The summed E-state index contributed by atoms with van der Waals surface area (Å²) in [5, 5.41) is 17.3. The van der Waals surface area contributed by atoms with Gasteiger partial charge in [0, 0.05) is 102 Å². The number of hydrogen-bond acceptors (Lipinski definition) is 2. The summed E-state index contributed by atoms with van der Waals surface area (Å²) in [7, 11) is 0. The first kappa shape index (κ1) is 67.2. The van der Waals surface area contributed by atoms with E-state index in [1.165, 1.54) is 185 Å². The highest BCUT2D eigenvalue weighted by molar-refractivity contribution is 7.26. The van der Waals surface area contributed by atoms with Crippen LogP contribution in [0.4, 0.5) is 0 Å². The molecule has 0 aliphatic carbocycles. The molecule has 6 heteroatoms. The number of fused-ring (bicyclic) bond motifs is 19. The molecule has 0 saturated carbocycles. The number of rotatable bonds is 10. The Balaban J connectivity index is 0.000000135. The van der Waals surface area contributed by atoms with Crippen LogP contribution in [0.25, 0.3) is 230 Å². The third-order valence-electron chi connectivity index (χ3n) is 24.4. The van der Waals surface area contributed by atoms with Gasteiger partial charge in [-0.15, -0.1) is 11.3 Å². The van der Waals surface area contributed by atoms with Crippen molar-refractivity contribution >= 4 is 151 Å². The number of nitrogens with zero attached hydrogens (tertiary/aromatic N) is 4. The minimum Gasteiger partial charge on any atom is -0.455 e. The molecular weight excluding hydrogens is 1450 g/mol. The lowest BCUT2D eigenvalue weighted by Gasteiger charge is -2.10. The van der Waals surface area contributed by atoms with Crippen molar-refractivity contribution in [2.24, 2.45) is 0 Å². The maximum absolute atomic E-state index is 6.52. The van der Waals surface area contributed by atoms with Gasteiger partial charge in [0.05, 0.1) is 44.1 Å². The van der Waals surface area contributed by atoms with Crippen LogP contribution in [0.2, 0.25) is 0 Å². The number of hydrogen-bond donors (Lipinski definition) is 0.